The van der Waals surface area contributed by atoms with Crippen molar-refractivity contribution in [2.75, 3.05) is 6.61 Å². The maximum Gasteiger partial charge on any atom is 0.431 e. The number of nitrogens with zero attached hydrogens (tertiary/aromatic N) is 2. The van der Waals surface area contributed by atoms with Crippen LogP contribution < -0.4 is 16.0 Å². The Morgan fingerprint density at radius 3 is 2.37 bits per heavy atom. The minimum absolute atomic E-state index is 0.0343. The largest absolute Gasteiger partial charge is 0.483 e. The van der Waals surface area contributed by atoms with Crippen LogP contribution in [0.25, 0.3) is 0 Å². The Balaban J connectivity index is 2.45. The molecule has 1 aromatic heterocycles. The summed E-state index contributed by atoms with van der Waals surface area (Å²) in [4.78, 5) is 34.9. The fourth-order valence-corrected chi connectivity index (χ4v) is 2.71. The number of benzene rings is 1. The highest BCUT2D eigenvalue weighted by Gasteiger charge is 2.35. The first-order valence-corrected chi connectivity index (χ1v) is 8.23. The zero-order valence-electron chi connectivity index (χ0n) is 13.4. The SMILES string of the molecule is Cn1c(C(F)(F)F)cc(=O)n(Cc2ccc(OCC(=O)Cl)c(Cl)c2Cl)c1=O. The van der Waals surface area contributed by atoms with Crippen molar-refractivity contribution in [1.29, 1.82) is 0 Å². The monoisotopic (exact) mass is 444 g/mol. The predicted molar refractivity (Wildman–Crippen MR) is 92.9 cm³/mol. The lowest BCUT2D eigenvalue weighted by Gasteiger charge is -2.15. The van der Waals surface area contributed by atoms with E-state index >= 15 is 0 Å². The van der Waals surface area contributed by atoms with Gasteiger partial charge in [0.2, 0.25) is 0 Å². The molecule has 0 aliphatic rings. The van der Waals surface area contributed by atoms with Crippen molar-refractivity contribution in [2.45, 2.75) is 12.7 Å². The van der Waals surface area contributed by atoms with Crippen LogP contribution in [0.1, 0.15) is 11.3 Å². The standard InChI is InChI=1S/C15H10Cl3F3N2O4/c1-22-9(15(19,20)21)4-11(25)23(14(22)26)5-7-2-3-8(13(18)12(7)17)27-6-10(16)24/h2-4H,5-6H2,1H3. The average molecular weight is 446 g/mol. The van der Waals surface area contributed by atoms with Crippen LogP contribution in [0.4, 0.5) is 13.2 Å². The van der Waals surface area contributed by atoms with Crippen LogP contribution in [0, 0.1) is 0 Å². The van der Waals surface area contributed by atoms with Crippen LogP contribution in [0.3, 0.4) is 0 Å². The molecule has 27 heavy (non-hydrogen) atoms. The van der Waals surface area contributed by atoms with Crippen molar-refractivity contribution in [3.05, 3.63) is 60.3 Å². The molecule has 0 spiro atoms. The molecule has 0 radical (unpaired) electrons. The number of hydrogen-bond donors (Lipinski definition) is 0. The fraction of sp³-hybridized carbons (Fsp3) is 0.267. The third kappa shape index (κ3) is 4.66. The molecule has 6 nitrogen and oxygen atoms in total. The third-order valence-corrected chi connectivity index (χ3v) is 4.51. The third-order valence-electron chi connectivity index (χ3n) is 3.49. The first-order valence-electron chi connectivity index (χ1n) is 7.09. The molecule has 1 heterocycles. The maximum absolute atomic E-state index is 12.9. The summed E-state index contributed by atoms with van der Waals surface area (Å²) in [6.45, 7) is -0.882. The van der Waals surface area contributed by atoms with Gasteiger partial charge in [0.1, 0.15) is 16.5 Å². The van der Waals surface area contributed by atoms with Gasteiger partial charge in [0, 0.05) is 13.1 Å². The van der Waals surface area contributed by atoms with E-state index in [1.54, 1.807) is 0 Å². The number of alkyl halides is 3. The van der Waals surface area contributed by atoms with Crippen LogP contribution in [-0.4, -0.2) is 21.0 Å². The molecule has 0 N–H and O–H groups in total. The summed E-state index contributed by atoms with van der Waals surface area (Å²) in [6.07, 6.45) is -4.86. The van der Waals surface area contributed by atoms with E-state index in [2.05, 4.69) is 0 Å². The van der Waals surface area contributed by atoms with Gasteiger partial charge in [-0.25, -0.2) is 4.79 Å². The van der Waals surface area contributed by atoms with E-state index in [9.17, 15) is 27.6 Å². The Morgan fingerprint density at radius 1 is 1.19 bits per heavy atom. The molecule has 0 amide bonds. The van der Waals surface area contributed by atoms with E-state index in [0.29, 0.717) is 15.2 Å². The van der Waals surface area contributed by atoms with Gasteiger partial charge in [-0.2, -0.15) is 13.2 Å². The summed E-state index contributed by atoms with van der Waals surface area (Å²) < 4.78 is 44.5. The quantitative estimate of drug-likeness (QED) is 0.663. The van der Waals surface area contributed by atoms with Gasteiger partial charge in [-0.1, -0.05) is 29.3 Å². The minimum Gasteiger partial charge on any atom is -0.483 e. The van der Waals surface area contributed by atoms with Crippen molar-refractivity contribution in [3.63, 3.8) is 0 Å². The summed E-state index contributed by atoms with van der Waals surface area (Å²) in [5.41, 5.74) is -3.50. The van der Waals surface area contributed by atoms with Crippen LogP contribution in [0.2, 0.25) is 10.0 Å². The van der Waals surface area contributed by atoms with E-state index < -0.39 is 41.5 Å². The molecule has 0 bridgehead atoms. The molecule has 0 aliphatic heterocycles. The predicted octanol–water partition coefficient (Wildman–Crippen LogP) is 3.07. The summed E-state index contributed by atoms with van der Waals surface area (Å²) in [7, 11) is 0.899. The maximum atomic E-state index is 12.9. The van der Waals surface area contributed by atoms with E-state index in [-0.39, 0.29) is 21.4 Å². The van der Waals surface area contributed by atoms with Crippen molar-refractivity contribution in [3.8, 4) is 5.75 Å². The minimum atomic E-state index is -4.86. The molecule has 146 valence electrons. The zero-order chi connectivity index (χ0) is 20.5. The second-order valence-corrected chi connectivity index (χ2v) is 6.47. The molecular formula is C15H10Cl3F3N2O4. The van der Waals surface area contributed by atoms with Crippen LogP contribution in [0.5, 0.6) is 5.75 Å². The van der Waals surface area contributed by atoms with Gasteiger partial charge in [0.25, 0.3) is 10.8 Å². The summed E-state index contributed by atoms with van der Waals surface area (Å²) >= 11 is 17.2. The Bertz CT molecular complexity index is 1020. The second kappa shape index (κ2) is 7.95. The topological polar surface area (TPSA) is 70.3 Å². The Labute approximate surface area is 164 Å². The highest BCUT2D eigenvalue weighted by molar-refractivity contribution is 6.63. The smallest absolute Gasteiger partial charge is 0.431 e. The lowest BCUT2D eigenvalue weighted by molar-refractivity contribution is -0.144. The van der Waals surface area contributed by atoms with Gasteiger partial charge in [0.05, 0.1) is 11.6 Å². The second-order valence-electron chi connectivity index (χ2n) is 5.29. The van der Waals surface area contributed by atoms with Gasteiger partial charge in [-0.05, 0) is 23.2 Å². The van der Waals surface area contributed by atoms with E-state index in [4.69, 9.17) is 39.5 Å². The molecule has 0 atom stereocenters. The van der Waals surface area contributed by atoms with Crippen molar-refractivity contribution >= 4 is 40.0 Å². The number of aromatic nitrogens is 2. The first-order chi connectivity index (χ1) is 12.4. The highest BCUT2D eigenvalue weighted by atomic mass is 35.5. The first kappa shape index (κ1) is 21.3. The van der Waals surface area contributed by atoms with Crippen LogP contribution >= 0.6 is 34.8 Å². The van der Waals surface area contributed by atoms with Gasteiger partial charge >= 0.3 is 11.9 Å². The van der Waals surface area contributed by atoms with Crippen molar-refractivity contribution < 1.29 is 22.7 Å². The van der Waals surface area contributed by atoms with E-state index in [1.807, 2.05) is 0 Å². The number of hydrogen-bond acceptors (Lipinski definition) is 4. The molecule has 2 aromatic rings. The van der Waals surface area contributed by atoms with E-state index in [1.165, 1.54) is 12.1 Å². The lowest BCUT2D eigenvalue weighted by atomic mass is 10.2. The van der Waals surface area contributed by atoms with Gasteiger partial charge in [0.15, 0.2) is 6.61 Å². The Morgan fingerprint density at radius 2 is 1.81 bits per heavy atom. The summed E-state index contributed by atoms with van der Waals surface area (Å²) in [5.74, 6) is 0.0343. The Kier molecular flexibility index (Phi) is 6.28. The number of rotatable bonds is 5. The average Bonchev–Trinajstić information content (AvgIpc) is 2.56. The molecule has 0 unspecified atom stereocenters. The zero-order valence-corrected chi connectivity index (χ0v) is 15.7. The molecule has 1 aromatic carbocycles. The number of carbonyl (C=O) groups excluding carboxylic acids is 1. The molecule has 0 saturated heterocycles. The number of halogens is 6. The van der Waals surface area contributed by atoms with Crippen molar-refractivity contribution in [2.24, 2.45) is 7.05 Å². The van der Waals surface area contributed by atoms with Crippen LogP contribution in [-0.2, 0) is 24.6 Å². The molecular weight excluding hydrogens is 436 g/mol. The van der Waals surface area contributed by atoms with Gasteiger partial charge in [-0.3, -0.25) is 18.7 Å². The summed E-state index contributed by atoms with van der Waals surface area (Å²) in [5, 5.41) is -0.972. The lowest BCUT2D eigenvalue weighted by Crippen LogP contribution is -2.41. The van der Waals surface area contributed by atoms with Gasteiger partial charge < -0.3 is 4.74 Å². The normalized spacial score (nSPS) is 11.5. The molecule has 0 aliphatic carbocycles. The molecule has 0 saturated carbocycles. The molecule has 12 heteroatoms. The number of ether oxygens (including phenoxy) is 1. The van der Waals surface area contributed by atoms with Crippen molar-refractivity contribution in [1.82, 2.24) is 9.13 Å². The fourth-order valence-electron chi connectivity index (χ4n) is 2.20. The number of carbonyl (C=O) groups is 1. The van der Waals surface area contributed by atoms with Gasteiger partial charge in [-0.15, -0.1) is 0 Å². The Hall–Kier alpha value is -1.97. The van der Waals surface area contributed by atoms with Crippen LogP contribution in [0.15, 0.2) is 27.8 Å². The highest BCUT2D eigenvalue weighted by Crippen LogP contribution is 2.35. The summed E-state index contributed by atoms with van der Waals surface area (Å²) in [6, 6.07) is 3.00. The molecule has 0 fully saturated rings. The van der Waals surface area contributed by atoms with E-state index in [0.717, 1.165) is 7.05 Å². The molecule has 2 rings (SSSR count).